The van der Waals surface area contributed by atoms with E-state index in [1.807, 2.05) is 0 Å². The molecule has 1 aromatic heterocycles. The van der Waals surface area contributed by atoms with Crippen LogP contribution in [-0.4, -0.2) is 76.0 Å². The molecule has 0 atom stereocenters. The SMILES string of the molecule is O=C(Cc1ccc(S(=O)(=O)N2CCCCC2)s1)NCCN1CCOCC1. The molecule has 0 saturated carbocycles. The monoisotopic (exact) mass is 401 g/mol. The third-order valence-corrected chi connectivity index (χ3v) is 8.19. The summed E-state index contributed by atoms with van der Waals surface area (Å²) in [4.78, 5) is 15.2. The Labute approximate surface area is 159 Å². The van der Waals surface area contributed by atoms with Crippen molar-refractivity contribution in [1.29, 1.82) is 0 Å². The number of morpholine rings is 1. The number of nitrogens with zero attached hydrogens (tertiary/aromatic N) is 2. The van der Waals surface area contributed by atoms with Crippen LogP contribution in [0.3, 0.4) is 0 Å². The van der Waals surface area contributed by atoms with Crippen LogP contribution in [0.2, 0.25) is 0 Å². The second-order valence-corrected chi connectivity index (χ2v) is 10.00. The van der Waals surface area contributed by atoms with Gasteiger partial charge in [-0.2, -0.15) is 4.31 Å². The summed E-state index contributed by atoms with van der Waals surface area (Å²) in [7, 11) is -3.41. The highest BCUT2D eigenvalue weighted by Gasteiger charge is 2.27. The Morgan fingerprint density at radius 3 is 2.58 bits per heavy atom. The van der Waals surface area contributed by atoms with Gasteiger partial charge in [-0.05, 0) is 25.0 Å². The molecule has 0 radical (unpaired) electrons. The molecule has 0 unspecified atom stereocenters. The number of hydrogen-bond donors (Lipinski definition) is 1. The smallest absolute Gasteiger partial charge is 0.252 e. The Kier molecular flexibility index (Phi) is 7.05. The fraction of sp³-hybridized carbons (Fsp3) is 0.706. The first kappa shape index (κ1) is 19.8. The van der Waals surface area contributed by atoms with Gasteiger partial charge in [0.25, 0.3) is 10.0 Å². The summed E-state index contributed by atoms with van der Waals surface area (Å²) < 4.78 is 32.5. The number of amides is 1. The predicted molar refractivity (Wildman–Crippen MR) is 101 cm³/mol. The largest absolute Gasteiger partial charge is 0.379 e. The van der Waals surface area contributed by atoms with Crippen LogP contribution in [0.4, 0.5) is 0 Å². The van der Waals surface area contributed by atoms with E-state index in [0.717, 1.165) is 57.0 Å². The second kappa shape index (κ2) is 9.27. The average Bonchev–Trinajstić information content (AvgIpc) is 3.12. The Bertz CT molecular complexity index is 693. The summed E-state index contributed by atoms with van der Waals surface area (Å²) in [5.41, 5.74) is 0. The van der Waals surface area contributed by atoms with Gasteiger partial charge in [0.1, 0.15) is 4.21 Å². The lowest BCUT2D eigenvalue weighted by Crippen LogP contribution is -2.41. The van der Waals surface area contributed by atoms with Crippen LogP contribution in [0.5, 0.6) is 0 Å². The van der Waals surface area contributed by atoms with Gasteiger partial charge in [-0.15, -0.1) is 11.3 Å². The van der Waals surface area contributed by atoms with Crippen molar-refractivity contribution in [2.45, 2.75) is 29.9 Å². The molecule has 2 aliphatic heterocycles. The Morgan fingerprint density at radius 2 is 1.85 bits per heavy atom. The van der Waals surface area contributed by atoms with E-state index >= 15 is 0 Å². The first-order chi connectivity index (χ1) is 12.6. The molecule has 9 heteroatoms. The third kappa shape index (κ3) is 5.26. The van der Waals surface area contributed by atoms with Crippen LogP contribution < -0.4 is 5.32 Å². The highest BCUT2D eigenvalue weighted by molar-refractivity contribution is 7.91. The lowest BCUT2D eigenvalue weighted by molar-refractivity contribution is -0.120. The summed E-state index contributed by atoms with van der Waals surface area (Å²) in [6.07, 6.45) is 3.15. The molecule has 0 bridgehead atoms. The number of hydrogen-bond acceptors (Lipinski definition) is 6. The van der Waals surface area contributed by atoms with Gasteiger partial charge in [0.2, 0.25) is 5.91 Å². The predicted octanol–water partition coefficient (Wildman–Crippen LogP) is 0.914. The van der Waals surface area contributed by atoms with Crippen molar-refractivity contribution in [3.05, 3.63) is 17.0 Å². The standard InChI is InChI=1S/C17H27N3O4S2/c21-16(18-6-9-19-10-12-24-13-11-19)14-15-4-5-17(25-15)26(22,23)20-7-2-1-3-8-20/h4-5H,1-3,6-14H2,(H,18,21). The van der Waals surface area contributed by atoms with Gasteiger partial charge < -0.3 is 10.1 Å². The summed E-state index contributed by atoms with van der Waals surface area (Å²) in [6.45, 7) is 5.90. The van der Waals surface area contributed by atoms with Crippen molar-refractivity contribution in [2.24, 2.45) is 0 Å². The van der Waals surface area contributed by atoms with Gasteiger partial charge >= 0.3 is 0 Å². The summed E-state index contributed by atoms with van der Waals surface area (Å²) >= 11 is 1.21. The molecular formula is C17H27N3O4S2. The quantitative estimate of drug-likeness (QED) is 0.735. The van der Waals surface area contributed by atoms with Crippen molar-refractivity contribution in [1.82, 2.24) is 14.5 Å². The number of ether oxygens (including phenoxy) is 1. The molecule has 0 spiro atoms. The lowest BCUT2D eigenvalue weighted by Gasteiger charge is -2.26. The number of carbonyl (C=O) groups excluding carboxylic acids is 1. The molecular weight excluding hydrogens is 374 g/mol. The molecule has 2 saturated heterocycles. The van der Waals surface area contributed by atoms with E-state index in [4.69, 9.17) is 4.74 Å². The summed E-state index contributed by atoms with van der Waals surface area (Å²) in [6, 6.07) is 3.38. The fourth-order valence-electron chi connectivity index (χ4n) is 3.22. The van der Waals surface area contributed by atoms with Crippen LogP contribution in [-0.2, 0) is 26.0 Å². The van der Waals surface area contributed by atoms with Crippen LogP contribution in [0.15, 0.2) is 16.3 Å². The van der Waals surface area contributed by atoms with Crippen molar-refractivity contribution in [3.63, 3.8) is 0 Å². The molecule has 1 aromatic rings. The Morgan fingerprint density at radius 1 is 1.12 bits per heavy atom. The summed E-state index contributed by atoms with van der Waals surface area (Å²) in [5.74, 6) is -0.0676. The lowest BCUT2D eigenvalue weighted by atomic mass is 10.2. The summed E-state index contributed by atoms with van der Waals surface area (Å²) in [5, 5.41) is 2.92. The molecule has 3 rings (SSSR count). The molecule has 0 aliphatic carbocycles. The maximum Gasteiger partial charge on any atom is 0.252 e. The first-order valence-electron chi connectivity index (χ1n) is 9.21. The van der Waals surface area contributed by atoms with E-state index in [1.165, 1.54) is 11.3 Å². The molecule has 0 aromatic carbocycles. The van der Waals surface area contributed by atoms with Gasteiger partial charge in [-0.1, -0.05) is 6.42 Å². The minimum Gasteiger partial charge on any atom is -0.379 e. The Hall–Kier alpha value is -1.00. The maximum atomic E-state index is 12.7. The zero-order chi connectivity index (χ0) is 18.4. The molecule has 2 aliphatic rings. The van der Waals surface area contributed by atoms with Crippen LogP contribution in [0.1, 0.15) is 24.1 Å². The van der Waals surface area contributed by atoms with E-state index < -0.39 is 10.0 Å². The zero-order valence-corrected chi connectivity index (χ0v) is 16.6. The van der Waals surface area contributed by atoms with Crippen LogP contribution in [0.25, 0.3) is 0 Å². The van der Waals surface area contributed by atoms with Crippen LogP contribution >= 0.6 is 11.3 Å². The van der Waals surface area contributed by atoms with Gasteiger partial charge in [0.05, 0.1) is 19.6 Å². The van der Waals surface area contributed by atoms with Gasteiger partial charge in [-0.3, -0.25) is 9.69 Å². The molecule has 3 heterocycles. The molecule has 146 valence electrons. The molecule has 26 heavy (non-hydrogen) atoms. The van der Waals surface area contributed by atoms with Crippen molar-refractivity contribution < 1.29 is 17.9 Å². The number of thiophene rings is 1. The molecule has 1 amide bonds. The number of sulfonamides is 1. The van der Waals surface area contributed by atoms with Gasteiger partial charge in [-0.25, -0.2) is 8.42 Å². The Balaban J connectivity index is 1.47. The van der Waals surface area contributed by atoms with E-state index in [2.05, 4.69) is 10.2 Å². The van der Waals surface area contributed by atoms with E-state index in [-0.39, 0.29) is 12.3 Å². The van der Waals surface area contributed by atoms with E-state index in [1.54, 1.807) is 16.4 Å². The fourth-order valence-corrected chi connectivity index (χ4v) is 6.25. The molecule has 1 N–H and O–H groups in total. The van der Waals surface area contributed by atoms with Crippen molar-refractivity contribution >= 4 is 27.3 Å². The maximum absolute atomic E-state index is 12.7. The first-order valence-corrected chi connectivity index (χ1v) is 11.5. The number of nitrogens with one attached hydrogen (secondary N) is 1. The third-order valence-electron chi connectivity index (χ3n) is 4.73. The number of rotatable bonds is 7. The highest BCUT2D eigenvalue weighted by atomic mass is 32.2. The van der Waals surface area contributed by atoms with Crippen molar-refractivity contribution in [2.75, 3.05) is 52.5 Å². The normalized spacial score (nSPS) is 20.2. The molecule has 2 fully saturated rings. The van der Waals surface area contributed by atoms with Crippen molar-refractivity contribution in [3.8, 4) is 0 Å². The topological polar surface area (TPSA) is 79.0 Å². The minimum absolute atomic E-state index is 0.0676. The zero-order valence-electron chi connectivity index (χ0n) is 15.0. The second-order valence-electron chi connectivity index (χ2n) is 6.67. The number of carbonyl (C=O) groups is 1. The highest BCUT2D eigenvalue weighted by Crippen LogP contribution is 2.27. The van der Waals surface area contributed by atoms with E-state index in [9.17, 15) is 13.2 Å². The minimum atomic E-state index is -3.41. The van der Waals surface area contributed by atoms with E-state index in [0.29, 0.717) is 23.8 Å². The van der Waals surface area contributed by atoms with Gasteiger partial charge in [0, 0.05) is 44.1 Å². The molecule has 7 nitrogen and oxygen atoms in total. The number of piperidine rings is 1. The van der Waals surface area contributed by atoms with Gasteiger partial charge in [0.15, 0.2) is 0 Å². The average molecular weight is 402 g/mol. The van der Waals surface area contributed by atoms with Crippen LogP contribution in [0, 0.1) is 0 Å².